The van der Waals surface area contributed by atoms with Gasteiger partial charge in [0.1, 0.15) is 0 Å². The maximum absolute atomic E-state index is 2.54. The van der Waals surface area contributed by atoms with Gasteiger partial charge in [-0.1, -0.05) is 159 Å². The fourth-order valence-corrected chi connectivity index (χ4v) is 10.7. The fraction of sp³-hybridized carbons (Fsp3) is 0.0968. The molecular formula is C62H49N3. The molecular weight excluding hydrogens is 787 g/mol. The van der Waals surface area contributed by atoms with Crippen molar-refractivity contribution in [2.45, 2.75) is 38.6 Å². The standard InChI is InChI=1S/C62H49N3/c1-42-26-30-48(31-27-42)64(47-20-8-5-9-21-47)60-37-34-50(63(46-18-6-4-7-19-46)51-33-35-53-52-22-12-14-24-57(52)62(2,3)58(53)41-51)40-55(60)45-29-36-61-56(39-45)54-23-13-15-25-59(54)65(61)49-32-28-43-16-10-11-17-44(43)38-49/h4-30,32-41,48H,31H2,1-3H3. The van der Waals surface area contributed by atoms with Crippen LogP contribution in [0.4, 0.5) is 28.4 Å². The van der Waals surface area contributed by atoms with Crippen molar-refractivity contribution in [3.8, 4) is 27.9 Å². The molecule has 1 unspecified atom stereocenters. The molecule has 0 bridgehead atoms. The molecule has 3 nitrogen and oxygen atoms in total. The van der Waals surface area contributed by atoms with E-state index in [1.54, 1.807) is 0 Å². The largest absolute Gasteiger partial charge is 0.334 e. The second kappa shape index (κ2) is 15.4. The Balaban J connectivity index is 1.09. The first-order chi connectivity index (χ1) is 31.9. The number of benzene rings is 9. The van der Waals surface area contributed by atoms with Gasteiger partial charge in [0.05, 0.1) is 17.1 Å². The average Bonchev–Trinajstić information content (AvgIpc) is 3.80. The van der Waals surface area contributed by atoms with Gasteiger partial charge in [-0.2, -0.15) is 0 Å². The zero-order chi connectivity index (χ0) is 43.6. The molecule has 1 atom stereocenters. The smallest absolute Gasteiger partial charge is 0.0560 e. The third kappa shape index (κ3) is 6.49. The number of nitrogens with zero attached hydrogens (tertiary/aromatic N) is 3. The molecule has 2 aliphatic rings. The lowest BCUT2D eigenvalue weighted by atomic mass is 9.82. The van der Waals surface area contributed by atoms with Gasteiger partial charge < -0.3 is 14.4 Å². The van der Waals surface area contributed by atoms with Gasteiger partial charge >= 0.3 is 0 Å². The number of para-hydroxylation sites is 3. The van der Waals surface area contributed by atoms with Crippen LogP contribution in [0.2, 0.25) is 0 Å². The molecule has 1 heterocycles. The van der Waals surface area contributed by atoms with E-state index in [4.69, 9.17) is 0 Å². The van der Waals surface area contributed by atoms with Gasteiger partial charge in [-0.3, -0.25) is 0 Å². The highest BCUT2D eigenvalue weighted by molar-refractivity contribution is 6.11. The summed E-state index contributed by atoms with van der Waals surface area (Å²) in [6.45, 7) is 6.92. The van der Waals surface area contributed by atoms with E-state index in [1.807, 2.05) is 0 Å². The van der Waals surface area contributed by atoms with Crippen LogP contribution in [0.1, 0.15) is 38.3 Å². The first-order valence-corrected chi connectivity index (χ1v) is 22.9. The Morgan fingerprint density at radius 3 is 1.98 bits per heavy atom. The van der Waals surface area contributed by atoms with E-state index in [2.05, 4.69) is 260 Å². The zero-order valence-electron chi connectivity index (χ0n) is 37.0. The number of rotatable bonds is 8. The lowest BCUT2D eigenvalue weighted by molar-refractivity contribution is 0.660. The van der Waals surface area contributed by atoms with Gasteiger partial charge in [0, 0.05) is 55.9 Å². The van der Waals surface area contributed by atoms with Gasteiger partial charge in [0.25, 0.3) is 0 Å². The highest BCUT2D eigenvalue weighted by Gasteiger charge is 2.36. The van der Waals surface area contributed by atoms with Crippen LogP contribution >= 0.6 is 0 Å². The molecule has 12 rings (SSSR count). The Morgan fingerprint density at radius 1 is 0.492 bits per heavy atom. The summed E-state index contributed by atoms with van der Waals surface area (Å²) in [7, 11) is 0. The number of hydrogen-bond acceptors (Lipinski definition) is 2. The van der Waals surface area contributed by atoms with E-state index in [9.17, 15) is 0 Å². The summed E-state index contributed by atoms with van der Waals surface area (Å²) in [4.78, 5) is 4.99. The molecule has 9 aromatic carbocycles. The highest BCUT2D eigenvalue weighted by atomic mass is 15.2. The molecule has 10 aromatic rings. The van der Waals surface area contributed by atoms with Crippen LogP contribution in [0.15, 0.2) is 230 Å². The van der Waals surface area contributed by atoms with E-state index in [0.29, 0.717) is 0 Å². The number of anilines is 5. The Labute approximate surface area is 381 Å². The minimum atomic E-state index is -0.128. The first kappa shape index (κ1) is 38.8. The molecule has 1 aromatic heterocycles. The lowest BCUT2D eigenvalue weighted by Gasteiger charge is -2.35. The molecule has 312 valence electrons. The SMILES string of the molecule is CC1=CCC(N(c2ccccc2)c2ccc(N(c3ccccc3)c3ccc4c(c3)C(C)(C)c3ccccc3-4)cc2-c2ccc3c(c2)c2ccccc2n3-c2ccc3ccccc3c2)C=C1. The van der Waals surface area contributed by atoms with Crippen molar-refractivity contribution >= 4 is 61.0 Å². The first-order valence-electron chi connectivity index (χ1n) is 22.9. The van der Waals surface area contributed by atoms with Crippen molar-refractivity contribution in [1.82, 2.24) is 4.57 Å². The Kier molecular flexibility index (Phi) is 9.20. The molecule has 65 heavy (non-hydrogen) atoms. The molecule has 2 aliphatic carbocycles. The monoisotopic (exact) mass is 835 g/mol. The summed E-state index contributed by atoms with van der Waals surface area (Å²) >= 11 is 0. The molecule has 0 saturated carbocycles. The second-order valence-electron chi connectivity index (χ2n) is 18.2. The van der Waals surface area contributed by atoms with Crippen LogP contribution in [0.3, 0.4) is 0 Å². The molecule has 0 radical (unpaired) electrons. The van der Waals surface area contributed by atoms with E-state index in [-0.39, 0.29) is 11.5 Å². The van der Waals surface area contributed by atoms with Crippen LogP contribution in [0, 0.1) is 0 Å². The topological polar surface area (TPSA) is 11.4 Å². The van der Waals surface area contributed by atoms with Gasteiger partial charge in [-0.15, -0.1) is 0 Å². The van der Waals surface area contributed by atoms with Crippen LogP contribution in [0.5, 0.6) is 0 Å². The molecule has 0 amide bonds. The predicted molar refractivity (Wildman–Crippen MR) is 276 cm³/mol. The van der Waals surface area contributed by atoms with Crippen LogP contribution < -0.4 is 9.80 Å². The Morgan fingerprint density at radius 2 is 1.17 bits per heavy atom. The van der Waals surface area contributed by atoms with E-state index in [1.165, 1.54) is 82.9 Å². The minimum Gasteiger partial charge on any atom is -0.334 e. The van der Waals surface area contributed by atoms with Crippen molar-refractivity contribution < 1.29 is 0 Å². The van der Waals surface area contributed by atoms with Crippen molar-refractivity contribution in [2.75, 3.05) is 9.80 Å². The summed E-state index contributed by atoms with van der Waals surface area (Å²) in [5.41, 5.74) is 18.1. The Bertz CT molecular complexity index is 3520. The fourth-order valence-electron chi connectivity index (χ4n) is 10.7. The van der Waals surface area contributed by atoms with Gasteiger partial charge in [-0.05, 0) is 137 Å². The molecule has 0 fully saturated rings. The second-order valence-corrected chi connectivity index (χ2v) is 18.2. The molecule has 3 heteroatoms. The maximum Gasteiger partial charge on any atom is 0.0560 e. The van der Waals surface area contributed by atoms with Crippen LogP contribution in [-0.4, -0.2) is 10.6 Å². The summed E-state index contributed by atoms with van der Waals surface area (Å²) < 4.78 is 2.43. The third-order valence-electron chi connectivity index (χ3n) is 13.9. The molecule has 0 N–H and O–H groups in total. The van der Waals surface area contributed by atoms with Crippen molar-refractivity contribution in [1.29, 1.82) is 0 Å². The molecule has 0 saturated heterocycles. The summed E-state index contributed by atoms with van der Waals surface area (Å²) in [5, 5.41) is 4.94. The summed E-state index contributed by atoms with van der Waals surface area (Å²) in [6.07, 6.45) is 7.94. The number of hydrogen-bond donors (Lipinski definition) is 0. The Hall–Kier alpha value is -7.88. The van der Waals surface area contributed by atoms with Gasteiger partial charge in [0.2, 0.25) is 0 Å². The van der Waals surface area contributed by atoms with Crippen molar-refractivity contribution in [3.63, 3.8) is 0 Å². The van der Waals surface area contributed by atoms with Crippen molar-refractivity contribution in [2.24, 2.45) is 0 Å². The predicted octanol–water partition coefficient (Wildman–Crippen LogP) is 16.8. The van der Waals surface area contributed by atoms with Gasteiger partial charge in [-0.25, -0.2) is 0 Å². The number of aromatic nitrogens is 1. The quantitative estimate of drug-likeness (QED) is 0.151. The van der Waals surface area contributed by atoms with Crippen LogP contribution in [-0.2, 0) is 5.41 Å². The van der Waals surface area contributed by atoms with Crippen LogP contribution in [0.25, 0.3) is 60.5 Å². The van der Waals surface area contributed by atoms with E-state index < -0.39 is 0 Å². The maximum atomic E-state index is 2.54. The normalized spacial score (nSPS) is 14.9. The van der Waals surface area contributed by atoms with Gasteiger partial charge in [0.15, 0.2) is 0 Å². The number of allylic oxidation sites excluding steroid dienone is 2. The van der Waals surface area contributed by atoms with Crippen molar-refractivity contribution in [3.05, 3.63) is 241 Å². The lowest BCUT2D eigenvalue weighted by Crippen LogP contribution is -2.30. The zero-order valence-corrected chi connectivity index (χ0v) is 37.0. The van der Waals surface area contributed by atoms with E-state index in [0.717, 1.165) is 29.2 Å². The number of fused-ring (bicyclic) bond motifs is 7. The average molecular weight is 836 g/mol. The summed E-state index contributed by atoms with van der Waals surface area (Å²) in [6, 6.07) is 76.4. The third-order valence-corrected chi connectivity index (χ3v) is 13.9. The summed E-state index contributed by atoms with van der Waals surface area (Å²) in [5.74, 6) is 0. The van der Waals surface area contributed by atoms with E-state index >= 15 is 0 Å². The highest BCUT2D eigenvalue weighted by Crippen LogP contribution is 2.51. The molecule has 0 spiro atoms. The molecule has 0 aliphatic heterocycles. The minimum absolute atomic E-state index is 0.128.